The lowest BCUT2D eigenvalue weighted by molar-refractivity contribution is -0.143. The van der Waals surface area contributed by atoms with Crippen LogP contribution in [-0.2, 0) is 15.1 Å². The number of rotatable bonds is 0. The number of esters is 1. The molecular weight excluding hydrogens is 368 g/mol. The Morgan fingerprint density at radius 3 is 2.31 bits per heavy atom. The third-order valence-electron chi connectivity index (χ3n) is 5.60. The molecule has 2 aliphatic rings. The Balaban J connectivity index is 1.73. The fraction of sp³-hybridized carbons (Fsp3) is 0.0417. The molecule has 0 amide bonds. The molecule has 0 saturated heterocycles. The lowest BCUT2D eigenvalue weighted by Gasteiger charge is -2.36. The number of ether oxygens (including phenoxy) is 2. The smallest absolute Gasteiger partial charge is 0.332 e. The molecule has 0 radical (unpaired) electrons. The van der Waals surface area contributed by atoms with Crippen molar-refractivity contribution >= 4 is 27.5 Å². The Kier molecular flexibility index (Phi) is 2.92. The van der Waals surface area contributed by atoms with Gasteiger partial charge in [0.2, 0.25) is 0 Å². The van der Waals surface area contributed by atoms with Crippen LogP contribution in [0.5, 0.6) is 23.0 Å². The summed E-state index contributed by atoms with van der Waals surface area (Å²) in [6, 6.07) is 17.7. The minimum absolute atomic E-state index is 0.120. The predicted octanol–water partition coefficient (Wildman–Crippen LogP) is 4.87. The molecule has 0 bridgehead atoms. The molecule has 2 N–H and O–H groups in total. The molecule has 6 rings (SSSR count). The molecule has 0 aromatic heterocycles. The standard InChI is InChI=1S/C24H14O5/c25-16-5-2-14-10-19-21(11-15(14)9-16)28-20-6-3-13-1-4-17(26)12-18(13)23(20)24(19)8-7-22(27)29-24/h1-12,25-26H. The second-order valence-corrected chi connectivity index (χ2v) is 7.32. The van der Waals surface area contributed by atoms with Gasteiger partial charge >= 0.3 is 5.97 Å². The second-order valence-electron chi connectivity index (χ2n) is 7.32. The number of aromatic hydroxyl groups is 2. The summed E-state index contributed by atoms with van der Waals surface area (Å²) < 4.78 is 12.1. The normalized spacial score (nSPS) is 19.2. The maximum absolute atomic E-state index is 12.2. The van der Waals surface area contributed by atoms with Gasteiger partial charge in [-0.05, 0) is 70.1 Å². The number of carbonyl (C=O) groups is 1. The first kappa shape index (κ1) is 16.0. The zero-order valence-corrected chi connectivity index (χ0v) is 15.0. The van der Waals surface area contributed by atoms with E-state index in [-0.39, 0.29) is 11.5 Å². The van der Waals surface area contributed by atoms with Crippen molar-refractivity contribution in [2.45, 2.75) is 5.60 Å². The van der Waals surface area contributed by atoms with E-state index in [4.69, 9.17) is 9.47 Å². The number of phenolic OH excluding ortho intramolecular Hbond substituents is 2. The van der Waals surface area contributed by atoms with Crippen LogP contribution in [0, 0.1) is 0 Å². The number of hydrogen-bond donors (Lipinski definition) is 2. The Morgan fingerprint density at radius 1 is 0.759 bits per heavy atom. The highest BCUT2D eigenvalue weighted by molar-refractivity contribution is 5.96. The van der Waals surface area contributed by atoms with Gasteiger partial charge < -0.3 is 19.7 Å². The molecule has 1 atom stereocenters. The lowest BCUT2D eigenvalue weighted by atomic mass is 9.80. The number of carbonyl (C=O) groups excluding carboxylic acids is 1. The highest BCUT2D eigenvalue weighted by Crippen LogP contribution is 2.54. The van der Waals surface area contributed by atoms with E-state index in [1.807, 2.05) is 36.4 Å². The summed E-state index contributed by atoms with van der Waals surface area (Å²) in [5.74, 6) is 0.946. The van der Waals surface area contributed by atoms with Gasteiger partial charge in [0.1, 0.15) is 23.0 Å². The number of hydrogen-bond acceptors (Lipinski definition) is 5. The SMILES string of the molecule is O=C1C=CC2(O1)c1cc3ccc(O)cc3cc1Oc1ccc3ccc(O)cc3c12. The Labute approximate surface area is 165 Å². The molecule has 0 aliphatic carbocycles. The van der Waals surface area contributed by atoms with Crippen molar-refractivity contribution in [3.63, 3.8) is 0 Å². The fourth-order valence-corrected chi connectivity index (χ4v) is 4.34. The van der Waals surface area contributed by atoms with Crippen molar-refractivity contribution in [1.29, 1.82) is 0 Å². The fourth-order valence-electron chi connectivity index (χ4n) is 4.34. The van der Waals surface area contributed by atoms with Gasteiger partial charge in [0.25, 0.3) is 0 Å². The van der Waals surface area contributed by atoms with Gasteiger partial charge in [-0.15, -0.1) is 0 Å². The first-order valence-corrected chi connectivity index (χ1v) is 9.17. The Morgan fingerprint density at radius 2 is 1.52 bits per heavy atom. The van der Waals surface area contributed by atoms with Gasteiger partial charge in [-0.3, -0.25) is 0 Å². The van der Waals surface area contributed by atoms with Gasteiger partial charge in [-0.2, -0.15) is 0 Å². The number of benzene rings is 4. The maximum atomic E-state index is 12.2. The van der Waals surface area contributed by atoms with Crippen LogP contribution in [0.2, 0.25) is 0 Å². The minimum atomic E-state index is -1.15. The van der Waals surface area contributed by atoms with E-state index in [0.29, 0.717) is 22.6 Å². The quantitative estimate of drug-likeness (QED) is 0.425. The largest absolute Gasteiger partial charge is 0.508 e. The van der Waals surface area contributed by atoms with Crippen LogP contribution in [0.15, 0.2) is 72.8 Å². The van der Waals surface area contributed by atoms with E-state index >= 15 is 0 Å². The average molecular weight is 382 g/mol. The molecule has 5 nitrogen and oxygen atoms in total. The van der Waals surface area contributed by atoms with Gasteiger partial charge in [0.15, 0.2) is 5.60 Å². The summed E-state index contributed by atoms with van der Waals surface area (Å²) in [6.07, 6.45) is 3.16. The highest BCUT2D eigenvalue weighted by Gasteiger charge is 2.47. The van der Waals surface area contributed by atoms with E-state index < -0.39 is 11.6 Å². The summed E-state index contributed by atoms with van der Waals surface area (Å²) >= 11 is 0. The third-order valence-corrected chi connectivity index (χ3v) is 5.60. The summed E-state index contributed by atoms with van der Waals surface area (Å²) in [5, 5.41) is 23.3. The molecule has 0 saturated carbocycles. The van der Waals surface area contributed by atoms with Crippen molar-refractivity contribution < 1.29 is 24.5 Å². The first-order valence-electron chi connectivity index (χ1n) is 9.17. The molecule has 4 aromatic rings. The predicted molar refractivity (Wildman–Crippen MR) is 107 cm³/mol. The van der Waals surface area contributed by atoms with E-state index in [0.717, 1.165) is 21.5 Å². The van der Waals surface area contributed by atoms with Crippen molar-refractivity contribution in [1.82, 2.24) is 0 Å². The molecule has 140 valence electrons. The molecule has 4 aromatic carbocycles. The lowest BCUT2D eigenvalue weighted by Crippen LogP contribution is -2.31. The molecule has 0 fully saturated rings. The van der Waals surface area contributed by atoms with Crippen LogP contribution in [0.25, 0.3) is 21.5 Å². The average Bonchev–Trinajstić information content (AvgIpc) is 3.08. The summed E-state index contributed by atoms with van der Waals surface area (Å²) in [7, 11) is 0. The summed E-state index contributed by atoms with van der Waals surface area (Å²) in [6.45, 7) is 0. The van der Waals surface area contributed by atoms with Gasteiger partial charge in [-0.1, -0.05) is 18.2 Å². The van der Waals surface area contributed by atoms with Crippen molar-refractivity contribution in [3.05, 3.63) is 83.9 Å². The van der Waals surface area contributed by atoms with Crippen LogP contribution in [0.1, 0.15) is 11.1 Å². The summed E-state index contributed by atoms with van der Waals surface area (Å²) in [5.41, 5.74) is 0.221. The Bertz CT molecular complexity index is 1400. The summed E-state index contributed by atoms with van der Waals surface area (Å²) in [4.78, 5) is 12.2. The Hall–Kier alpha value is -3.99. The molecule has 5 heteroatoms. The number of fused-ring (bicyclic) bond motifs is 7. The van der Waals surface area contributed by atoms with E-state index in [2.05, 4.69) is 0 Å². The number of phenols is 2. The van der Waals surface area contributed by atoms with E-state index in [1.165, 1.54) is 6.08 Å². The van der Waals surface area contributed by atoms with Crippen molar-refractivity contribution in [2.75, 3.05) is 0 Å². The highest BCUT2D eigenvalue weighted by atomic mass is 16.6. The minimum Gasteiger partial charge on any atom is -0.508 e. The molecule has 29 heavy (non-hydrogen) atoms. The molecular formula is C24H14O5. The van der Waals surface area contributed by atoms with Gasteiger partial charge in [0.05, 0.1) is 5.56 Å². The first-order chi connectivity index (χ1) is 14.0. The third kappa shape index (κ3) is 2.12. The van der Waals surface area contributed by atoms with Crippen LogP contribution in [-0.4, -0.2) is 16.2 Å². The zero-order chi connectivity index (χ0) is 19.8. The van der Waals surface area contributed by atoms with Crippen LogP contribution < -0.4 is 4.74 Å². The monoisotopic (exact) mass is 382 g/mol. The topological polar surface area (TPSA) is 76.0 Å². The zero-order valence-electron chi connectivity index (χ0n) is 15.0. The second kappa shape index (κ2) is 5.29. The van der Waals surface area contributed by atoms with Crippen LogP contribution in [0.4, 0.5) is 0 Å². The molecule has 2 heterocycles. The van der Waals surface area contributed by atoms with Crippen LogP contribution in [0.3, 0.4) is 0 Å². The van der Waals surface area contributed by atoms with E-state index in [1.54, 1.807) is 30.3 Å². The van der Waals surface area contributed by atoms with Gasteiger partial charge in [-0.25, -0.2) is 4.79 Å². The van der Waals surface area contributed by atoms with Gasteiger partial charge in [0, 0.05) is 11.6 Å². The molecule has 1 unspecified atom stereocenters. The van der Waals surface area contributed by atoms with E-state index in [9.17, 15) is 15.0 Å². The van der Waals surface area contributed by atoms with Crippen molar-refractivity contribution in [2.24, 2.45) is 0 Å². The molecule has 2 aliphatic heterocycles. The van der Waals surface area contributed by atoms with Crippen molar-refractivity contribution in [3.8, 4) is 23.0 Å². The molecule has 1 spiro atoms. The maximum Gasteiger partial charge on any atom is 0.332 e. The van der Waals surface area contributed by atoms with Crippen LogP contribution >= 0.6 is 0 Å².